The summed E-state index contributed by atoms with van der Waals surface area (Å²) in [5.74, 6) is 0. The lowest BCUT2D eigenvalue weighted by molar-refractivity contribution is 0.355. The third kappa shape index (κ3) is 0.701. The molecule has 1 radical (unpaired) electrons. The Morgan fingerprint density at radius 1 is 1.40 bits per heavy atom. The van der Waals surface area contributed by atoms with Crippen molar-refractivity contribution >= 4 is 0 Å². The van der Waals surface area contributed by atoms with Crippen LogP contribution in [0.25, 0.3) is 0 Å². The van der Waals surface area contributed by atoms with Crippen LogP contribution in [0.2, 0.25) is 0 Å². The molecule has 53 valence electrons. The van der Waals surface area contributed by atoms with Crippen LogP contribution in [-0.4, -0.2) is 9.36 Å². The molecular formula is C7H9N2O. The number of fused-ring (bicyclic) bond motifs is 1. The van der Waals surface area contributed by atoms with Gasteiger partial charge in [0.25, 0.3) is 5.56 Å². The van der Waals surface area contributed by atoms with Crippen molar-refractivity contribution in [1.29, 1.82) is 0 Å². The molecule has 10 heavy (non-hydrogen) atoms. The van der Waals surface area contributed by atoms with E-state index in [4.69, 9.17) is 0 Å². The van der Waals surface area contributed by atoms with Crippen molar-refractivity contribution in [3.05, 3.63) is 22.6 Å². The molecule has 2 heterocycles. The van der Waals surface area contributed by atoms with Gasteiger partial charge in [-0.1, -0.05) is 0 Å². The van der Waals surface area contributed by atoms with Crippen molar-refractivity contribution in [2.45, 2.75) is 25.9 Å². The van der Waals surface area contributed by atoms with E-state index in [1.807, 2.05) is 4.68 Å². The molecule has 0 unspecified atom stereocenters. The monoisotopic (exact) mass is 137 g/mol. The van der Waals surface area contributed by atoms with Gasteiger partial charge >= 0.3 is 0 Å². The molecule has 0 aromatic carbocycles. The molecule has 0 saturated heterocycles. The molecule has 3 heteroatoms. The Balaban J connectivity index is 2.55. The molecule has 1 aromatic heterocycles. The summed E-state index contributed by atoms with van der Waals surface area (Å²) in [6, 6.07) is 2.65. The molecule has 0 fully saturated rings. The van der Waals surface area contributed by atoms with E-state index in [1.54, 1.807) is 10.9 Å². The summed E-state index contributed by atoms with van der Waals surface area (Å²) in [4.78, 5) is 11.0. The summed E-state index contributed by atoms with van der Waals surface area (Å²) in [7, 11) is 0. The summed E-state index contributed by atoms with van der Waals surface area (Å²) in [5.41, 5.74) is 0.0136. The molecule has 2 rings (SSSR count). The van der Waals surface area contributed by atoms with Crippen LogP contribution in [-0.2, 0) is 13.1 Å². The highest BCUT2D eigenvalue weighted by Crippen LogP contribution is 2.03. The predicted molar refractivity (Wildman–Crippen MR) is 36.8 cm³/mol. The first kappa shape index (κ1) is 5.77. The molecular weight excluding hydrogens is 128 g/mol. The summed E-state index contributed by atoms with van der Waals surface area (Å²) in [5, 5.41) is 0. The molecule has 0 amide bonds. The summed E-state index contributed by atoms with van der Waals surface area (Å²) in [6.07, 6.45) is 4.04. The van der Waals surface area contributed by atoms with Gasteiger partial charge in [0.2, 0.25) is 0 Å². The SMILES string of the molecule is O=c1[c]cn2n1CCCC2. The third-order valence-electron chi connectivity index (χ3n) is 1.89. The molecule has 3 nitrogen and oxygen atoms in total. The minimum absolute atomic E-state index is 0.0136. The second kappa shape index (κ2) is 2.01. The molecule has 0 N–H and O–H groups in total. The highest BCUT2D eigenvalue weighted by Gasteiger charge is 2.07. The molecule has 0 aliphatic carbocycles. The topological polar surface area (TPSA) is 26.9 Å². The molecule has 1 aromatic rings. The van der Waals surface area contributed by atoms with Gasteiger partial charge in [0.15, 0.2) is 0 Å². The van der Waals surface area contributed by atoms with Crippen molar-refractivity contribution in [1.82, 2.24) is 9.36 Å². The van der Waals surface area contributed by atoms with Gasteiger partial charge in [0, 0.05) is 19.3 Å². The van der Waals surface area contributed by atoms with Crippen LogP contribution in [0.3, 0.4) is 0 Å². The molecule has 0 spiro atoms. The number of aryl methyl sites for hydroxylation is 1. The fraction of sp³-hybridized carbons (Fsp3) is 0.571. The van der Waals surface area contributed by atoms with Gasteiger partial charge in [-0.05, 0) is 12.8 Å². The quantitative estimate of drug-likeness (QED) is 0.503. The van der Waals surface area contributed by atoms with Gasteiger partial charge in [-0.25, -0.2) is 0 Å². The van der Waals surface area contributed by atoms with Crippen LogP contribution in [0.15, 0.2) is 11.0 Å². The van der Waals surface area contributed by atoms with E-state index >= 15 is 0 Å². The first-order valence-corrected chi connectivity index (χ1v) is 3.56. The summed E-state index contributed by atoms with van der Waals surface area (Å²) >= 11 is 0. The Kier molecular flexibility index (Phi) is 1.16. The maximum atomic E-state index is 11.0. The van der Waals surface area contributed by atoms with Gasteiger partial charge in [-0.3, -0.25) is 14.2 Å². The normalized spacial score (nSPS) is 16.8. The van der Waals surface area contributed by atoms with Crippen molar-refractivity contribution in [3.63, 3.8) is 0 Å². The van der Waals surface area contributed by atoms with Crippen LogP contribution in [0.1, 0.15) is 12.8 Å². The zero-order valence-corrected chi connectivity index (χ0v) is 5.71. The number of aromatic nitrogens is 2. The largest absolute Gasteiger partial charge is 0.289 e. The Morgan fingerprint density at radius 2 is 2.20 bits per heavy atom. The molecule has 0 bridgehead atoms. The van der Waals surface area contributed by atoms with Gasteiger partial charge in [-0.2, -0.15) is 0 Å². The Labute approximate surface area is 58.9 Å². The maximum Gasteiger partial charge on any atom is 0.274 e. The second-order valence-electron chi connectivity index (χ2n) is 2.57. The van der Waals surface area contributed by atoms with Crippen LogP contribution < -0.4 is 5.56 Å². The van der Waals surface area contributed by atoms with E-state index in [0.717, 1.165) is 19.5 Å². The smallest absolute Gasteiger partial charge is 0.274 e. The second-order valence-corrected chi connectivity index (χ2v) is 2.57. The van der Waals surface area contributed by atoms with Crippen LogP contribution in [0.5, 0.6) is 0 Å². The van der Waals surface area contributed by atoms with Gasteiger partial charge in [0.05, 0.1) is 6.07 Å². The maximum absolute atomic E-state index is 11.0. The fourth-order valence-electron chi connectivity index (χ4n) is 1.34. The molecule has 0 saturated carbocycles. The lowest BCUT2D eigenvalue weighted by Crippen LogP contribution is -2.26. The molecule has 1 aliphatic rings. The van der Waals surface area contributed by atoms with Crippen molar-refractivity contribution in [2.24, 2.45) is 0 Å². The van der Waals surface area contributed by atoms with E-state index in [-0.39, 0.29) is 5.56 Å². The highest BCUT2D eigenvalue weighted by molar-refractivity contribution is 4.82. The van der Waals surface area contributed by atoms with Crippen LogP contribution in [0.4, 0.5) is 0 Å². The lowest BCUT2D eigenvalue weighted by Gasteiger charge is -2.16. The van der Waals surface area contributed by atoms with Gasteiger partial charge in [0.1, 0.15) is 0 Å². The van der Waals surface area contributed by atoms with E-state index in [0.29, 0.717) is 0 Å². The Morgan fingerprint density at radius 3 is 3.00 bits per heavy atom. The minimum Gasteiger partial charge on any atom is -0.289 e. The lowest BCUT2D eigenvalue weighted by atomic mass is 10.3. The fourth-order valence-corrected chi connectivity index (χ4v) is 1.34. The zero-order valence-electron chi connectivity index (χ0n) is 5.71. The number of hydrogen-bond acceptors (Lipinski definition) is 1. The van der Waals surface area contributed by atoms with Gasteiger partial charge < -0.3 is 0 Å². The minimum atomic E-state index is 0.0136. The van der Waals surface area contributed by atoms with E-state index in [2.05, 4.69) is 6.07 Å². The summed E-state index contributed by atoms with van der Waals surface area (Å²) < 4.78 is 3.68. The predicted octanol–water partition coefficient (Wildman–Crippen LogP) is 0.244. The number of hydrogen-bond donors (Lipinski definition) is 0. The third-order valence-corrected chi connectivity index (χ3v) is 1.89. The average molecular weight is 137 g/mol. The van der Waals surface area contributed by atoms with Crippen molar-refractivity contribution in [2.75, 3.05) is 0 Å². The average Bonchev–Trinajstić information content (AvgIpc) is 2.34. The zero-order chi connectivity index (χ0) is 6.97. The molecule has 1 aliphatic heterocycles. The first-order valence-electron chi connectivity index (χ1n) is 3.56. The molecule has 0 atom stereocenters. The van der Waals surface area contributed by atoms with E-state index in [9.17, 15) is 4.79 Å². The van der Waals surface area contributed by atoms with E-state index in [1.165, 1.54) is 6.42 Å². The van der Waals surface area contributed by atoms with Crippen molar-refractivity contribution < 1.29 is 0 Å². The van der Waals surface area contributed by atoms with Crippen LogP contribution in [0, 0.1) is 6.07 Å². The van der Waals surface area contributed by atoms with E-state index < -0.39 is 0 Å². The Hall–Kier alpha value is -0.990. The number of nitrogens with zero attached hydrogens (tertiary/aromatic N) is 2. The first-order chi connectivity index (χ1) is 4.88. The highest BCUT2D eigenvalue weighted by atomic mass is 16.1. The van der Waals surface area contributed by atoms with Crippen molar-refractivity contribution in [3.8, 4) is 0 Å². The summed E-state index contributed by atoms with van der Waals surface area (Å²) in [6.45, 7) is 1.83. The van der Waals surface area contributed by atoms with Gasteiger partial charge in [-0.15, -0.1) is 0 Å². The number of rotatable bonds is 0. The van der Waals surface area contributed by atoms with Crippen LogP contribution >= 0.6 is 0 Å². The standard InChI is InChI=1S/C7H9N2O/c10-7-3-6-8-4-1-2-5-9(7)8/h6H,1-2,4-5H2. The Bertz CT molecular complexity index is 284.